The van der Waals surface area contributed by atoms with Crippen LogP contribution in [0.4, 0.5) is 13.2 Å². The topological polar surface area (TPSA) is 61.4 Å². The van der Waals surface area contributed by atoms with Crippen molar-refractivity contribution in [3.05, 3.63) is 45.9 Å². The second-order valence-electron chi connectivity index (χ2n) is 6.92. The van der Waals surface area contributed by atoms with Crippen LogP contribution < -0.4 is 0 Å². The van der Waals surface area contributed by atoms with Crippen molar-refractivity contribution < 1.29 is 22.7 Å². The number of alkyl halides is 3. The van der Waals surface area contributed by atoms with Crippen LogP contribution in [0.3, 0.4) is 0 Å². The van der Waals surface area contributed by atoms with Gasteiger partial charge in [-0.1, -0.05) is 23.4 Å². The summed E-state index contributed by atoms with van der Waals surface area (Å²) in [5.41, 5.74) is 1.50. The summed E-state index contributed by atoms with van der Waals surface area (Å²) in [4.78, 5) is 12.8. The highest BCUT2D eigenvalue weighted by molar-refractivity contribution is 7.99. The first-order valence-electron chi connectivity index (χ1n) is 8.99. The van der Waals surface area contributed by atoms with Gasteiger partial charge in [0.25, 0.3) is 0 Å². The molecule has 3 rings (SSSR count). The van der Waals surface area contributed by atoms with E-state index in [1.165, 1.54) is 0 Å². The lowest BCUT2D eigenvalue weighted by molar-refractivity contribution is -0.137. The number of methoxy groups -OCH3 is 1. The molecule has 0 saturated heterocycles. The minimum absolute atomic E-state index is 0.00237. The Kier molecular flexibility index (Phi) is 6.49. The zero-order valence-electron chi connectivity index (χ0n) is 16.7. The summed E-state index contributed by atoms with van der Waals surface area (Å²) in [5, 5.41) is 7.73. The summed E-state index contributed by atoms with van der Waals surface area (Å²) < 4.78 is 47.7. The molecule has 0 spiro atoms. The van der Waals surface area contributed by atoms with Crippen LogP contribution in [-0.4, -0.2) is 44.4 Å². The molecular weight excluding hydrogens is 441 g/mol. The van der Waals surface area contributed by atoms with Gasteiger partial charge in [-0.05, 0) is 32.9 Å². The van der Waals surface area contributed by atoms with E-state index in [1.807, 2.05) is 31.4 Å². The molecular formula is C19H20ClF3N4O2S. The molecule has 1 atom stereocenters. The average molecular weight is 461 g/mol. The number of fused-ring (bicyclic) bond motifs is 1. The van der Waals surface area contributed by atoms with Gasteiger partial charge in [-0.25, -0.2) is 0 Å². The van der Waals surface area contributed by atoms with Crippen molar-refractivity contribution in [3.63, 3.8) is 0 Å². The largest absolute Gasteiger partial charge is 0.417 e. The van der Waals surface area contributed by atoms with Crippen molar-refractivity contribution in [3.8, 4) is 0 Å². The fourth-order valence-electron chi connectivity index (χ4n) is 3.45. The van der Waals surface area contributed by atoms with Crippen LogP contribution in [0.1, 0.15) is 40.3 Å². The molecule has 0 radical (unpaired) electrons. The second kappa shape index (κ2) is 8.60. The van der Waals surface area contributed by atoms with E-state index in [-0.39, 0.29) is 33.4 Å². The number of hydrogen-bond donors (Lipinski definition) is 0. The molecule has 3 aromatic rings. The predicted octanol–water partition coefficient (Wildman–Crippen LogP) is 5.00. The minimum Gasteiger partial charge on any atom is -0.383 e. The van der Waals surface area contributed by atoms with Crippen LogP contribution in [0.15, 0.2) is 23.5 Å². The molecule has 0 aliphatic rings. The zero-order valence-corrected chi connectivity index (χ0v) is 18.3. The number of aromatic nitrogens is 4. The standard InChI is InChI=1S/C19H20ClF3N4O2S/c1-10-5-14(12(3)27(10)11(2)8-29-4)16(28)9-30-18-25-24-17-15(20)6-13(7-26(17)18)19(21,22)23/h5-7,11H,8-9H2,1-4H3. The Hall–Kier alpha value is -2.04. The number of hydrogen-bond acceptors (Lipinski definition) is 5. The second-order valence-corrected chi connectivity index (χ2v) is 8.27. The Balaban J connectivity index is 1.84. The van der Waals surface area contributed by atoms with Crippen molar-refractivity contribution in [2.45, 2.75) is 38.1 Å². The summed E-state index contributed by atoms with van der Waals surface area (Å²) >= 11 is 6.93. The molecule has 0 N–H and O–H groups in total. The molecule has 6 nitrogen and oxygen atoms in total. The molecule has 0 aliphatic heterocycles. The quantitative estimate of drug-likeness (QED) is 0.366. The van der Waals surface area contributed by atoms with Crippen LogP contribution in [0.25, 0.3) is 5.65 Å². The number of Topliss-reactive ketones (excluding diaryl/α,β-unsaturated/α-hetero) is 1. The van der Waals surface area contributed by atoms with Gasteiger partial charge in [-0.15, -0.1) is 10.2 Å². The number of ether oxygens (including phenoxy) is 1. The van der Waals surface area contributed by atoms with Crippen LogP contribution in [-0.2, 0) is 10.9 Å². The number of pyridine rings is 1. The third kappa shape index (κ3) is 4.35. The monoisotopic (exact) mass is 460 g/mol. The lowest BCUT2D eigenvalue weighted by Crippen LogP contribution is -2.14. The number of halogens is 4. The van der Waals surface area contributed by atoms with E-state index in [2.05, 4.69) is 10.2 Å². The summed E-state index contributed by atoms with van der Waals surface area (Å²) in [6.07, 6.45) is -3.68. The molecule has 0 aromatic carbocycles. The highest BCUT2D eigenvalue weighted by Crippen LogP contribution is 2.33. The van der Waals surface area contributed by atoms with Crippen LogP contribution >= 0.6 is 23.4 Å². The number of nitrogens with zero attached hydrogens (tertiary/aromatic N) is 4. The Morgan fingerprint density at radius 2 is 2.00 bits per heavy atom. The Bertz CT molecular complexity index is 1090. The smallest absolute Gasteiger partial charge is 0.383 e. The summed E-state index contributed by atoms with van der Waals surface area (Å²) in [6.45, 7) is 6.28. The number of aryl methyl sites for hydroxylation is 1. The van der Waals surface area contributed by atoms with E-state index in [4.69, 9.17) is 16.3 Å². The van der Waals surface area contributed by atoms with Gasteiger partial charge in [0.05, 0.1) is 29.0 Å². The molecule has 30 heavy (non-hydrogen) atoms. The molecule has 0 fully saturated rings. The lowest BCUT2D eigenvalue weighted by Gasteiger charge is -2.17. The maximum Gasteiger partial charge on any atom is 0.417 e. The Labute approximate surface area is 180 Å². The van der Waals surface area contributed by atoms with Crippen molar-refractivity contribution in [1.29, 1.82) is 0 Å². The summed E-state index contributed by atoms with van der Waals surface area (Å²) in [7, 11) is 1.62. The van der Waals surface area contributed by atoms with Gasteiger partial charge in [0, 0.05) is 30.3 Å². The van der Waals surface area contributed by atoms with Gasteiger partial charge in [0.2, 0.25) is 0 Å². The van der Waals surface area contributed by atoms with Gasteiger partial charge in [0.15, 0.2) is 16.6 Å². The highest BCUT2D eigenvalue weighted by Gasteiger charge is 2.32. The van der Waals surface area contributed by atoms with E-state index in [0.717, 1.165) is 39.8 Å². The van der Waals surface area contributed by atoms with Crippen LogP contribution in [0.2, 0.25) is 5.02 Å². The SMILES string of the molecule is COCC(C)n1c(C)cc(C(=O)CSc2nnc3c(Cl)cc(C(F)(F)F)cn23)c1C. The molecule has 3 heterocycles. The maximum absolute atomic E-state index is 13.1. The lowest BCUT2D eigenvalue weighted by atomic mass is 10.2. The highest BCUT2D eigenvalue weighted by atomic mass is 35.5. The van der Waals surface area contributed by atoms with Crippen molar-refractivity contribution in [2.24, 2.45) is 0 Å². The van der Waals surface area contributed by atoms with E-state index in [1.54, 1.807) is 7.11 Å². The molecule has 162 valence electrons. The molecule has 3 aromatic heterocycles. The fourth-order valence-corrected chi connectivity index (χ4v) is 4.49. The number of carbonyl (C=O) groups excluding carboxylic acids is 1. The van der Waals surface area contributed by atoms with E-state index in [0.29, 0.717) is 12.2 Å². The van der Waals surface area contributed by atoms with Crippen LogP contribution in [0.5, 0.6) is 0 Å². The fraction of sp³-hybridized carbons (Fsp3) is 0.421. The third-order valence-electron chi connectivity index (χ3n) is 4.72. The number of ketones is 1. The molecule has 0 bridgehead atoms. The molecule has 11 heteroatoms. The zero-order chi connectivity index (χ0) is 22.2. The number of thioether (sulfide) groups is 1. The third-order valence-corrected chi connectivity index (χ3v) is 5.94. The predicted molar refractivity (Wildman–Crippen MR) is 109 cm³/mol. The van der Waals surface area contributed by atoms with Crippen molar-refractivity contribution >= 4 is 34.8 Å². The van der Waals surface area contributed by atoms with Gasteiger partial charge >= 0.3 is 6.18 Å². The molecule has 1 unspecified atom stereocenters. The first-order chi connectivity index (χ1) is 14.0. The van der Waals surface area contributed by atoms with Gasteiger partial charge in [-0.2, -0.15) is 13.2 Å². The van der Waals surface area contributed by atoms with Gasteiger partial charge < -0.3 is 9.30 Å². The molecule has 0 saturated carbocycles. The normalized spacial score (nSPS) is 13.2. The average Bonchev–Trinajstić information content (AvgIpc) is 3.20. The van der Waals surface area contributed by atoms with Crippen LogP contribution in [0, 0.1) is 13.8 Å². The van der Waals surface area contributed by atoms with Crippen molar-refractivity contribution in [1.82, 2.24) is 19.2 Å². The maximum atomic E-state index is 13.1. The molecule has 0 aliphatic carbocycles. The first-order valence-corrected chi connectivity index (χ1v) is 10.4. The van der Waals surface area contributed by atoms with E-state index < -0.39 is 11.7 Å². The first kappa shape index (κ1) is 22.6. The number of carbonyl (C=O) groups is 1. The summed E-state index contributed by atoms with van der Waals surface area (Å²) in [6, 6.07) is 2.68. The van der Waals surface area contributed by atoms with Crippen molar-refractivity contribution in [2.75, 3.05) is 19.5 Å². The van der Waals surface area contributed by atoms with Gasteiger partial charge in [-0.3, -0.25) is 9.20 Å². The molecule has 0 amide bonds. The van der Waals surface area contributed by atoms with E-state index >= 15 is 0 Å². The van der Waals surface area contributed by atoms with E-state index in [9.17, 15) is 18.0 Å². The minimum atomic E-state index is -4.56. The number of rotatable bonds is 7. The summed E-state index contributed by atoms with van der Waals surface area (Å²) in [5.74, 6) is -0.156. The Morgan fingerprint density at radius 3 is 2.63 bits per heavy atom. The van der Waals surface area contributed by atoms with Gasteiger partial charge in [0.1, 0.15) is 0 Å². The Morgan fingerprint density at radius 1 is 1.30 bits per heavy atom.